The lowest BCUT2D eigenvalue weighted by atomic mass is 10.1. The number of carbonyl (C=O) groups excluding carboxylic acids is 1. The van der Waals surface area contributed by atoms with E-state index in [2.05, 4.69) is 5.32 Å². The average Bonchev–Trinajstić information content (AvgIpc) is 2.73. The van der Waals surface area contributed by atoms with Crippen molar-refractivity contribution < 1.29 is 22.3 Å². The molecule has 9 heteroatoms. The molecule has 8 nitrogen and oxygen atoms in total. The van der Waals surface area contributed by atoms with Crippen LogP contribution in [0.5, 0.6) is 5.75 Å². The lowest BCUT2D eigenvalue weighted by Crippen LogP contribution is -2.11. The number of nitro groups is 1. The van der Waals surface area contributed by atoms with Gasteiger partial charge in [-0.05, 0) is 53.9 Å². The lowest BCUT2D eigenvalue weighted by Gasteiger charge is -2.10. The number of hydrogen-bond donors (Lipinski definition) is 1. The number of nitrogens with one attached hydrogen (secondary N) is 1. The van der Waals surface area contributed by atoms with Crippen molar-refractivity contribution in [3.05, 3.63) is 93.5 Å². The summed E-state index contributed by atoms with van der Waals surface area (Å²) in [6, 6.07) is 16.7. The molecule has 0 unspecified atom stereocenters. The topological polar surface area (TPSA) is 116 Å². The molecule has 0 saturated carbocycles. The van der Waals surface area contributed by atoms with E-state index < -0.39 is 15.0 Å². The summed E-state index contributed by atoms with van der Waals surface area (Å²) >= 11 is 0. The Morgan fingerprint density at radius 2 is 1.66 bits per heavy atom. The van der Waals surface area contributed by atoms with Gasteiger partial charge in [0.25, 0.3) is 5.69 Å². The largest absolute Gasteiger partial charge is 0.379 e. The van der Waals surface area contributed by atoms with Gasteiger partial charge >= 0.3 is 10.1 Å². The number of hydrogen-bond acceptors (Lipinski definition) is 6. The van der Waals surface area contributed by atoms with Crippen LogP contribution in [0.2, 0.25) is 0 Å². The van der Waals surface area contributed by atoms with Crippen molar-refractivity contribution in [1.82, 2.24) is 0 Å². The molecule has 0 aliphatic heterocycles. The Kier molecular flexibility index (Phi) is 6.70. The Bertz CT molecular complexity index is 1300. The van der Waals surface area contributed by atoms with Crippen LogP contribution in [0, 0.1) is 17.0 Å². The minimum atomic E-state index is -4.34. The van der Waals surface area contributed by atoms with Crippen molar-refractivity contribution >= 4 is 39.6 Å². The second-order valence-corrected chi connectivity index (χ2v) is 8.43. The maximum absolute atomic E-state index is 12.9. The molecule has 3 aromatic rings. The molecule has 164 valence electrons. The molecule has 0 saturated heterocycles. The molecule has 3 rings (SSSR count). The normalized spacial score (nSPS) is 11.3. The van der Waals surface area contributed by atoms with Crippen LogP contribution in [-0.2, 0) is 14.9 Å². The molecular formula is C23H20N2O6S. The fraction of sp³-hybridized carbons (Fsp3) is 0.0870. The summed E-state index contributed by atoms with van der Waals surface area (Å²) in [4.78, 5) is 21.4. The summed E-state index contributed by atoms with van der Waals surface area (Å²) in [6.45, 7) is 3.26. The van der Waals surface area contributed by atoms with Crippen LogP contribution in [0.1, 0.15) is 23.6 Å². The zero-order chi connectivity index (χ0) is 23.3. The van der Waals surface area contributed by atoms with Crippen molar-refractivity contribution in [1.29, 1.82) is 0 Å². The maximum atomic E-state index is 12.9. The van der Waals surface area contributed by atoms with Crippen LogP contribution >= 0.6 is 0 Å². The summed E-state index contributed by atoms with van der Waals surface area (Å²) in [5.41, 5.74) is 2.14. The summed E-state index contributed by atoms with van der Waals surface area (Å²) in [5.74, 6) is -0.0924. The number of carbonyl (C=O) groups is 1. The zero-order valence-electron chi connectivity index (χ0n) is 17.3. The Hall–Kier alpha value is -3.98. The second kappa shape index (κ2) is 9.44. The number of para-hydroxylation sites is 1. The first kappa shape index (κ1) is 22.7. The molecule has 0 aliphatic carbocycles. The fourth-order valence-corrected chi connectivity index (χ4v) is 4.11. The quantitative estimate of drug-likeness (QED) is 0.238. The standard InChI is InChI=1S/C23H20N2O6S/c1-16-14-20(24-17(2)26)12-10-18(16)8-9-19-11-13-21(25(27)28)15-23(19)32(29,30)31-22-6-4-3-5-7-22/h3-15H,1-2H3,(H,24,26). The monoisotopic (exact) mass is 452 g/mol. The smallest absolute Gasteiger partial charge is 0.340 e. The van der Waals surface area contributed by atoms with Crippen LogP contribution in [0.3, 0.4) is 0 Å². The van der Waals surface area contributed by atoms with E-state index in [0.29, 0.717) is 5.69 Å². The summed E-state index contributed by atoms with van der Waals surface area (Å²) in [5, 5.41) is 13.9. The van der Waals surface area contributed by atoms with E-state index in [-0.39, 0.29) is 27.8 Å². The van der Waals surface area contributed by atoms with E-state index in [0.717, 1.165) is 17.2 Å². The molecule has 0 heterocycles. The maximum Gasteiger partial charge on any atom is 0.340 e. The van der Waals surface area contributed by atoms with Gasteiger partial charge in [-0.25, -0.2) is 0 Å². The van der Waals surface area contributed by atoms with Gasteiger partial charge < -0.3 is 9.50 Å². The van der Waals surface area contributed by atoms with Crippen molar-refractivity contribution in [2.45, 2.75) is 18.7 Å². The molecule has 1 N–H and O–H groups in total. The van der Waals surface area contributed by atoms with Gasteiger partial charge in [-0.15, -0.1) is 0 Å². The molecule has 32 heavy (non-hydrogen) atoms. The predicted octanol–water partition coefficient (Wildman–Crippen LogP) is 4.80. The van der Waals surface area contributed by atoms with Gasteiger partial charge in [-0.2, -0.15) is 8.42 Å². The number of rotatable bonds is 7. The Balaban J connectivity index is 2.00. The van der Waals surface area contributed by atoms with Gasteiger partial charge in [0.1, 0.15) is 10.6 Å². The highest BCUT2D eigenvalue weighted by atomic mass is 32.2. The first-order valence-electron chi connectivity index (χ1n) is 9.50. The third kappa shape index (κ3) is 5.58. The molecule has 0 fully saturated rings. The van der Waals surface area contributed by atoms with Gasteiger partial charge in [0.15, 0.2) is 0 Å². The summed E-state index contributed by atoms with van der Waals surface area (Å²) in [6.07, 6.45) is 3.24. The Morgan fingerprint density at radius 3 is 2.28 bits per heavy atom. The van der Waals surface area contributed by atoms with Gasteiger partial charge in [0.2, 0.25) is 5.91 Å². The molecule has 0 atom stereocenters. The highest BCUT2D eigenvalue weighted by Gasteiger charge is 2.23. The minimum absolute atomic E-state index is 0.0957. The van der Waals surface area contributed by atoms with Crippen molar-refractivity contribution in [2.75, 3.05) is 5.32 Å². The fourth-order valence-electron chi connectivity index (χ4n) is 2.96. The first-order valence-corrected chi connectivity index (χ1v) is 10.9. The van der Waals surface area contributed by atoms with E-state index in [1.807, 2.05) is 6.92 Å². The third-order valence-corrected chi connectivity index (χ3v) is 5.76. The number of anilines is 1. The van der Waals surface area contributed by atoms with Crippen LogP contribution in [0.15, 0.2) is 71.6 Å². The van der Waals surface area contributed by atoms with E-state index in [4.69, 9.17) is 4.18 Å². The SMILES string of the molecule is CC(=O)Nc1ccc(C=Cc2ccc([N+](=O)[O-])cc2S(=O)(=O)Oc2ccccc2)c(C)c1. The Morgan fingerprint density at radius 1 is 1.00 bits per heavy atom. The van der Waals surface area contributed by atoms with Crippen molar-refractivity contribution in [3.63, 3.8) is 0 Å². The number of nitrogens with zero attached hydrogens (tertiary/aromatic N) is 1. The number of non-ortho nitro benzene ring substituents is 1. The second-order valence-electron chi connectivity index (χ2n) is 6.92. The van der Waals surface area contributed by atoms with Crippen molar-refractivity contribution in [3.8, 4) is 5.75 Å². The minimum Gasteiger partial charge on any atom is -0.379 e. The Labute approximate surface area is 185 Å². The van der Waals surface area contributed by atoms with Crippen LogP contribution in [0.25, 0.3) is 12.2 Å². The summed E-state index contributed by atoms with van der Waals surface area (Å²) < 4.78 is 31.0. The van der Waals surface area contributed by atoms with Crippen LogP contribution in [0.4, 0.5) is 11.4 Å². The summed E-state index contributed by atoms with van der Waals surface area (Å²) in [7, 11) is -4.34. The molecule has 0 spiro atoms. The van der Waals surface area contributed by atoms with Crippen LogP contribution in [-0.4, -0.2) is 19.2 Å². The van der Waals surface area contributed by atoms with E-state index in [1.165, 1.54) is 31.2 Å². The molecule has 0 aliphatic rings. The highest BCUT2D eigenvalue weighted by Crippen LogP contribution is 2.27. The van der Waals surface area contributed by atoms with Gasteiger partial charge in [-0.3, -0.25) is 14.9 Å². The number of aryl methyl sites for hydroxylation is 1. The first-order chi connectivity index (χ1) is 15.2. The molecule has 3 aromatic carbocycles. The van der Waals surface area contributed by atoms with Gasteiger partial charge in [0.05, 0.1) is 4.92 Å². The molecule has 0 bridgehead atoms. The number of amides is 1. The van der Waals surface area contributed by atoms with Crippen molar-refractivity contribution in [2.24, 2.45) is 0 Å². The zero-order valence-corrected chi connectivity index (χ0v) is 18.1. The van der Waals surface area contributed by atoms with E-state index >= 15 is 0 Å². The molecule has 1 amide bonds. The van der Waals surface area contributed by atoms with E-state index in [9.17, 15) is 23.3 Å². The highest BCUT2D eigenvalue weighted by molar-refractivity contribution is 7.87. The van der Waals surface area contributed by atoms with Gasteiger partial charge in [-0.1, -0.05) is 36.4 Å². The van der Waals surface area contributed by atoms with Crippen LogP contribution < -0.4 is 9.50 Å². The predicted molar refractivity (Wildman–Crippen MR) is 122 cm³/mol. The molecular weight excluding hydrogens is 432 g/mol. The molecule has 0 aromatic heterocycles. The average molecular weight is 452 g/mol. The third-order valence-electron chi connectivity index (χ3n) is 4.46. The van der Waals surface area contributed by atoms with Gasteiger partial charge in [0, 0.05) is 24.7 Å². The lowest BCUT2D eigenvalue weighted by molar-refractivity contribution is -0.385. The van der Waals surface area contributed by atoms with E-state index in [1.54, 1.807) is 48.6 Å². The number of nitro benzene ring substituents is 1. The number of benzene rings is 3. The molecule has 0 radical (unpaired) electrons.